The maximum absolute atomic E-state index is 12.7. The molecule has 3 N–H and O–H groups in total. The number of aliphatic hydroxyl groups excluding tert-OH is 1. The third kappa shape index (κ3) is 3.08. The van der Waals surface area contributed by atoms with Crippen LogP contribution in [0.15, 0.2) is 46.6 Å². The van der Waals surface area contributed by atoms with Crippen molar-refractivity contribution in [2.75, 3.05) is 0 Å². The Bertz CT molecular complexity index is 961. The van der Waals surface area contributed by atoms with Gasteiger partial charge in [-0.2, -0.15) is 0 Å². The molecule has 6 nitrogen and oxygen atoms in total. The van der Waals surface area contributed by atoms with E-state index in [-0.39, 0.29) is 23.8 Å². The highest BCUT2D eigenvalue weighted by Gasteiger charge is 2.36. The zero-order valence-electron chi connectivity index (χ0n) is 13.3. The summed E-state index contributed by atoms with van der Waals surface area (Å²) in [7, 11) is 0. The van der Waals surface area contributed by atoms with Gasteiger partial charge in [-0.15, -0.1) is 11.3 Å². The van der Waals surface area contributed by atoms with Crippen molar-refractivity contribution in [2.24, 2.45) is 5.92 Å². The van der Waals surface area contributed by atoms with E-state index in [9.17, 15) is 14.7 Å². The molecule has 1 aliphatic carbocycles. The van der Waals surface area contributed by atoms with Crippen molar-refractivity contribution in [2.45, 2.75) is 25.0 Å². The van der Waals surface area contributed by atoms with Crippen LogP contribution in [0.5, 0.6) is 0 Å². The van der Waals surface area contributed by atoms with Crippen LogP contribution in [0.4, 0.5) is 0 Å². The number of hydrogen-bond donors (Lipinski definition) is 3. The molecule has 1 atom stereocenters. The molecule has 7 heteroatoms. The Labute approximate surface area is 147 Å². The molecule has 0 bridgehead atoms. The maximum Gasteiger partial charge on any atom is 0.280 e. The first-order valence-corrected chi connectivity index (χ1v) is 9.01. The summed E-state index contributed by atoms with van der Waals surface area (Å²) < 4.78 is 0. The fourth-order valence-corrected chi connectivity index (χ4v) is 4.05. The predicted molar refractivity (Wildman–Crippen MR) is 95.6 cm³/mol. The predicted octanol–water partition coefficient (Wildman–Crippen LogP) is 2.23. The van der Waals surface area contributed by atoms with E-state index in [1.165, 1.54) is 0 Å². The average molecular weight is 355 g/mol. The molecule has 1 amide bonds. The Morgan fingerprint density at radius 3 is 2.80 bits per heavy atom. The number of hydrogen-bond acceptors (Lipinski definition) is 5. The number of nitrogens with one attached hydrogen (secondary N) is 2. The van der Waals surface area contributed by atoms with Gasteiger partial charge in [0.1, 0.15) is 0 Å². The lowest BCUT2D eigenvalue weighted by Crippen LogP contribution is -2.42. The summed E-state index contributed by atoms with van der Waals surface area (Å²) in [6, 6.07) is 10.8. The molecule has 0 radical (unpaired) electrons. The van der Waals surface area contributed by atoms with Crippen LogP contribution in [0.25, 0.3) is 11.0 Å². The minimum Gasteiger partial charge on any atom is -0.393 e. The second-order valence-corrected chi connectivity index (χ2v) is 7.26. The number of nitrogens with zero attached hydrogens (tertiary/aromatic N) is 1. The van der Waals surface area contributed by atoms with Crippen molar-refractivity contribution in [1.29, 1.82) is 0 Å². The topological polar surface area (TPSA) is 95.1 Å². The van der Waals surface area contributed by atoms with Gasteiger partial charge in [-0.05, 0) is 42.3 Å². The van der Waals surface area contributed by atoms with Gasteiger partial charge in [-0.1, -0.05) is 18.2 Å². The Morgan fingerprint density at radius 1 is 1.28 bits per heavy atom. The highest BCUT2D eigenvalue weighted by molar-refractivity contribution is 7.10. The lowest BCUT2D eigenvalue weighted by atomic mass is 9.76. The van der Waals surface area contributed by atoms with E-state index >= 15 is 0 Å². The molecule has 2 aromatic heterocycles. The number of thiophene rings is 1. The zero-order valence-corrected chi connectivity index (χ0v) is 14.1. The Morgan fingerprint density at radius 2 is 2.08 bits per heavy atom. The molecule has 25 heavy (non-hydrogen) atoms. The number of aromatic nitrogens is 2. The molecule has 2 heterocycles. The molecule has 1 aromatic carbocycles. The molecule has 3 aromatic rings. The van der Waals surface area contributed by atoms with E-state index in [1.54, 1.807) is 35.6 Å². The van der Waals surface area contributed by atoms with E-state index < -0.39 is 11.5 Å². The first-order chi connectivity index (χ1) is 12.1. The largest absolute Gasteiger partial charge is 0.393 e. The van der Waals surface area contributed by atoms with Crippen molar-refractivity contribution in [3.05, 3.63) is 62.7 Å². The second-order valence-electron chi connectivity index (χ2n) is 6.28. The van der Waals surface area contributed by atoms with Gasteiger partial charge in [0.25, 0.3) is 11.5 Å². The van der Waals surface area contributed by atoms with Crippen molar-refractivity contribution in [1.82, 2.24) is 15.3 Å². The van der Waals surface area contributed by atoms with E-state index in [0.717, 1.165) is 4.88 Å². The standard InChI is InChI=1S/C18H17N3O3S/c22-11-8-10(9-11)15(14-6-3-7-25-14)21-18(24)16-17(23)20-13-5-2-1-4-12(13)19-16/h1-7,10-11,15,22H,8-9H2,(H,20,23)(H,21,24)/t10?,11?,15-/m0/s1. The quantitative estimate of drug-likeness (QED) is 0.669. The summed E-state index contributed by atoms with van der Waals surface area (Å²) in [6.07, 6.45) is 0.973. The van der Waals surface area contributed by atoms with E-state index in [4.69, 9.17) is 0 Å². The number of H-pyrrole nitrogens is 1. The highest BCUT2D eigenvalue weighted by atomic mass is 32.1. The molecule has 128 valence electrons. The van der Waals surface area contributed by atoms with Gasteiger partial charge in [0, 0.05) is 4.88 Å². The third-order valence-electron chi connectivity index (χ3n) is 4.57. The van der Waals surface area contributed by atoms with Gasteiger partial charge in [0.2, 0.25) is 0 Å². The number of carbonyl (C=O) groups is 1. The summed E-state index contributed by atoms with van der Waals surface area (Å²) in [5, 5.41) is 14.5. The first kappa shape index (κ1) is 16.0. The fourth-order valence-electron chi connectivity index (χ4n) is 3.18. The molecule has 1 fully saturated rings. The minimum absolute atomic E-state index is 0.139. The molecule has 1 saturated carbocycles. The normalized spacial score (nSPS) is 20.8. The Balaban J connectivity index is 1.63. The van der Waals surface area contributed by atoms with Crippen LogP contribution in [0, 0.1) is 5.92 Å². The van der Waals surface area contributed by atoms with Crippen molar-refractivity contribution in [3.63, 3.8) is 0 Å². The summed E-state index contributed by atoms with van der Waals surface area (Å²) >= 11 is 1.55. The van der Waals surface area contributed by atoms with Crippen LogP contribution in [-0.4, -0.2) is 27.1 Å². The molecule has 0 aliphatic heterocycles. The van der Waals surface area contributed by atoms with E-state index in [1.807, 2.05) is 17.5 Å². The molecule has 0 unspecified atom stereocenters. The fraction of sp³-hybridized carbons (Fsp3) is 0.278. The second kappa shape index (κ2) is 6.42. The summed E-state index contributed by atoms with van der Waals surface area (Å²) in [6.45, 7) is 0. The minimum atomic E-state index is -0.505. The van der Waals surface area contributed by atoms with Gasteiger partial charge >= 0.3 is 0 Å². The maximum atomic E-state index is 12.7. The average Bonchev–Trinajstić information content (AvgIpc) is 3.10. The highest BCUT2D eigenvalue weighted by Crippen LogP contribution is 2.39. The number of para-hydroxylation sites is 2. The van der Waals surface area contributed by atoms with Gasteiger partial charge in [-0.3, -0.25) is 9.59 Å². The molecular weight excluding hydrogens is 338 g/mol. The van der Waals surface area contributed by atoms with Crippen molar-refractivity contribution in [3.8, 4) is 0 Å². The Kier molecular flexibility index (Phi) is 4.10. The van der Waals surface area contributed by atoms with Gasteiger partial charge in [0.15, 0.2) is 5.69 Å². The Hall–Kier alpha value is -2.51. The van der Waals surface area contributed by atoms with Crippen molar-refractivity contribution >= 4 is 28.3 Å². The summed E-state index contributed by atoms with van der Waals surface area (Å²) in [4.78, 5) is 32.9. The molecule has 4 rings (SSSR count). The van der Waals surface area contributed by atoms with Gasteiger partial charge in [0.05, 0.1) is 23.2 Å². The number of carbonyl (C=O) groups excluding carboxylic acids is 1. The number of amides is 1. The van der Waals surface area contributed by atoms with Crippen LogP contribution in [0.1, 0.15) is 34.2 Å². The first-order valence-electron chi connectivity index (χ1n) is 8.13. The monoisotopic (exact) mass is 355 g/mol. The van der Waals surface area contributed by atoms with E-state index in [0.29, 0.717) is 23.9 Å². The smallest absolute Gasteiger partial charge is 0.280 e. The van der Waals surface area contributed by atoms with Crippen LogP contribution >= 0.6 is 11.3 Å². The lowest BCUT2D eigenvalue weighted by molar-refractivity contribution is 0.0240. The van der Waals surface area contributed by atoms with Gasteiger partial charge in [-0.25, -0.2) is 4.98 Å². The molecule has 0 spiro atoms. The number of fused-ring (bicyclic) bond motifs is 1. The summed E-state index contributed by atoms with van der Waals surface area (Å²) in [5.41, 5.74) is 0.523. The van der Waals surface area contributed by atoms with E-state index in [2.05, 4.69) is 15.3 Å². The SMILES string of the molecule is O=C(N[C@H](c1cccs1)C1CC(O)C1)c1nc2ccccc2[nH]c1=O. The van der Waals surface area contributed by atoms with Gasteiger partial charge < -0.3 is 15.4 Å². The van der Waals surface area contributed by atoms with Crippen LogP contribution < -0.4 is 10.9 Å². The molecule has 1 aliphatic rings. The van der Waals surface area contributed by atoms with Crippen LogP contribution in [0.2, 0.25) is 0 Å². The zero-order chi connectivity index (χ0) is 17.4. The third-order valence-corrected chi connectivity index (χ3v) is 5.53. The lowest BCUT2D eigenvalue weighted by Gasteiger charge is -2.37. The molecular formula is C18H17N3O3S. The van der Waals surface area contributed by atoms with Crippen molar-refractivity contribution < 1.29 is 9.90 Å². The molecule has 0 saturated heterocycles. The van der Waals surface area contributed by atoms with Crippen LogP contribution in [0.3, 0.4) is 0 Å². The number of aromatic amines is 1. The van der Waals surface area contributed by atoms with Crippen LogP contribution in [-0.2, 0) is 0 Å². The number of rotatable bonds is 4. The number of aliphatic hydroxyl groups is 1. The number of benzene rings is 1. The summed E-state index contributed by atoms with van der Waals surface area (Å²) in [5.74, 6) is -0.330.